The van der Waals surface area contributed by atoms with Crippen molar-refractivity contribution in [3.05, 3.63) is 22.2 Å². The summed E-state index contributed by atoms with van der Waals surface area (Å²) in [6.07, 6.45) is 3.17. The van der Waals surface area contributed by atoms with Crippen LogP contribution in [0.25, 0.3) is 0 Å². The Hall–Kier alpha value is -1.89. The minimum atomic E-state index is -0.427. The van der Waals surface area contributed by atoms with Gasteiger partial charge in [0, 0.05) is 25.8 Å². The Bertz CT molecular complexity index is 495. The van der Waals surface area contributed by atoms with Gasteiger partial charge in [-0.15, -0.1) is 0 Å². The number of hydrogen-bond acceptors (Lipinski definition) is 6. The van der Waals surface area contributed by atoms with E-state index < -0.39 is 4.92 Å². The van der Waals surface area contributed by atoms with Crippen LogP contribution in [-0.2, 0) is 0 Å². The number of aliphatic hydroxyl groups excluding tert-OH is 1. The average molecular weight is 294 g/mol. The van der Waals surface area contributed by atoms with Crippen molar-refractivity contribution in [1.82, 2.24) is 4.98 Å². The number of rotatable bonds is 7. The molecule has 1 aromatic heterocycles. The highest BCUT2D eigenvalue weighted by Gasteiger charge is 2.27. The molecular weight excluding hydrogens is 272 g/mol. The van der Waals surface area contributed by atoms with Crippen LogP contribution in [0, 0.1) is 22.0 Å². The molecule has 1 saturated carbocycles. The molecule has 7 nitrogen and oxygen atoms in total. The second-order valence-electron chi connectivity index (χ2n) is 5.37. The second kappa shape index (κ2) is 7.21. The predicted octanol–water partition coefficient (Wildman–Crippen LogP) is 2.24. The fourth-order valence-electron chi connectivity index (χ4n) is 2.86. The Morgan fingerprint density at radius 2 is 2.14 bits per heavy atom. The van der Waals surface area contributed by atoms with Gasteiger partial charge in [-0.2, -0.15) is 0 Å². The van der Waals surface area contributed by atoms with Crippen molar-refractivity contribution in [1.29, 1.82) is 0 Å². The van der Waals surface area contributed by atoms with E-state index in [0.29, 0.717) is 30.6 Å². The Kier molecular flexibility index (Phi) is 5.32. The third kappa shape index (κ3) is 3.81. The Morgan fingerprint density at radius 3 is 2.81 bits per heavy atom. The number of nitrogens with one attached hydrogen (secondary N) is 2. The zero-order valence-corrected chi connectivity index (χ0v) is 12.2. The number of aliphatic hydroxyl groups is 1. The molecule has 0 amide bonds. The summed E-state index contributed by atoms with van der Waals surface area (Å²) in [6.45, 7) is 3.44. The molecule has 0 spiro atoms. The van der Waals surface area contributed by atoms with Crippen LogP contribution in [0.3, 0.4) is 0 Å². The maximum Gasteiger partial charge on any atom is 0.311 e. The molecule has 1 heterocycles. The highest BCUT2D eigenvalue weighted by Crippen LogP contribution is 2.32. The van der Waals surface area contributed by atoms with E-state index in [2.05, 4.69) is 15.6 Å². The van der Waals surface area contributed by atoms with Gasteiger partial charge in [0.1, 0.15) is 5.82 Å². The average Bonchev–Trinajstić information content (AvgIpc) is 2.92. The lowest BCUT2D eigenvalue weighted by molar-refractivity contribution is -0.384. The molecule has 1 aromatic rings. The Labute approximate surface area is 123 Å². The number of nitrogens with zero attached hydrogens (tertiary/aromatic N) is 2. The minimum absolute atomic E-state index is 0.0183. The van der Waals surface area contributed by atoms with Crippen molar-refractivity contribution in [3.8, 4) is 0 Å². The number of hydrogen-bond donors (Lipinski definition) is 3. The summed E-state index contributed by atoms with van der Waals surface area (Å²) in [5.74, 6) is 1.55. The molecule has 116 valence electrons. The van der Waals surface area contributed by atoms with Crippen LogP contribution < -0.4 is 10.6 Å². The standard InChI is InChI=1S/C14H22N4O3/c1-2-15-13-7-6-12(18(20)21)14(17-13)16-8-10-4-3-5-11(10)9-19/h6-7,10-11,19H,2-5,8-9H2,1H3,(H2,15,16,17). The van der Waals surface area contributed by atoms with Crippen molar-refractivity contribution in [3.63, 3.8) is 0 Å². The first-order valence-electron chi connectivity index (χ1n) is 7.39. The van der Waals surface area contributed by atoms with Gasteiger partial charge in [-0.25, -0.2) is 4.98 Å². The summed E-state index contributed by atoms with van der Waals surface area (Å²) < 4.78 is 0. The largest absolute Gasteiger partial charge is 0.396 e. The van der Waals surface area contributed by atoms with Crippen molar-refractivity contribution >= 4 is 17.3 Å². The van der Waals surface area contributed by atoms with Gasteiger partial charge in [0.25, 0.3) is 0 Å². The van der Waals surface area contributed by atoms with Crippen LogP contribution in [0.1, 0.15) is 26.2 Å². The van der Waals surface area contributed by atoms with Gasteiger partial charge in [-0.3, -0.25) is 10.1 Å². The van der Waals surface area contributed by atoms with Gasteiger partial charge >= 0.3 is 5.69 Å². The van der Waals surface area contributed by atoms with Crippen LogP contribution >= 0.6 is 0 Å². The molecule has 0 aromatic carbocycles. The van der Waals surface area contributed by atoms with Gasteiger partial charge < -0.3 is 15.7 Å². The van der Waals surface area contributed by atoms with E-state index in [9.17, 15) is 15.2 Å². The lowest BCUT2D eigenvalue weighted by Gasteiger charge is -2.18. The predicted molar refractivity (Wildman–Crippen MR) is 81.5 cm³/mol. The first-order chi connectivity index (χ1) is 10.2. The lowest BCUT2D eigenvalue weighted by atomic mass is 9.97. The third-order valence-corrected chi connectivity index (χ3v) is 4.01. The molecule has 2 rings (SSSR count). The first kappa shape index (κ1) is 15.5. The van der Waals surface area contributed by atoms with Crippen LogP contribution in [0.4, 0.5) is 17.3 Å². The van der Waals surface area contributed by atoms with Crippen molar-refractivity contribution in [2.45, 2.75) is 26.2 Å². The fourth-order valence-corrected chi connectivity index (χ4v) is 2.86. The maximum atomic E-state index is 11.1. The van der Waals surface area contributed by atoms with Gasteiger partial charge in [-0.1, -0.05) is 6.42 Å². The topological polar surface area (TPSA) is 100 Å². The maximum absolute atomic E-state index is 11.1. The first-order valence-corrected chi connectivity index (χ1v) is 7.39. The van der Waals surface area contributed by atoms with E-state index in [-0.39, 0.29) is 18.2 Å². The van der Waals surface area contributed by atoms with Gasteiger partial charge in [0.15, 0.2) is 0 Å². The van der Waals surface area contributed by atoms with E-state index in [1.807, 2.05) is 6.92 Å². The Balaban J connectivity index is 2.09. The van der Waals surface area contributed by atoms with Crippen molar-refractivity contribution < 1.29 is 10.0 Å². The molecule has 1 aliphatic rings. The van der Waals surface area contributed by atoms with E-state index in [0.717, 1.165) is 19.3 Å². The summed E-state index contributed by atoms with van der Waals surface area (Å²) in [5, 5.41) is 26.5. The van der Waals surface area contributed by atoms with Crippen molar-refractivity contribution in [2.24, 2.45) is 11.8 Å². The fraction of sp³-hybridized carbons (Fsp3) is 0.643. The van der Waals surface area contributed by atoms with Crippen LogP contribution in [0.2, 0.25) is 0 Å². The van der Waals surface area contributed by atoms with E-state index in [1.54, 1.807) is 6.07 Å². The molecule has 0 saturated heterocycles. The monoisotopic (exact) mass is 294 g/mol. The number of pyridine rings is 1. The molecule has 2 atom stereocenters. The smallest absolute Gasteiger partial charge is 0.311 e. The van der Waals surface area contributed by atoms with Gasteiger partial charge in [0.05, 0.1) is 4.92 Å². The zero-order valence-electron chi connectivity index (χ0n) is 12.2. The molecule has 21 heavy (non-hydrogen) atoms. The highest BCUT2D eigenvalue weighted by atomic mass is 16.6. The summed E-state index contributed by atoms with van der Waals surface area (Å²) in [4.78, 5) is 14.9. The highest BCUT2D eigenvalue weighted by molar-refractivity contribution is 5.60. The van der Waals surface area contributed by atoms with Crippen LogP contribution in [-0.4, -0.2) is 34.7 Å². The molecule has 1 fully saturated rings. The summed E-state index contributed by atoms with van der Waals surface area (Å²) in [7, 11) is 0. The normalized spacial score (nSPS) is 21.2. The quantitative estimate of drug-likeness (QED) is 0.527. The molecular formula is C14H22N4O3. The van der Waals surface area contributed by atoms with Gasteiger partial charge in [-0.05, 0) is 37.7 Å². The number of anilines is 2. The Morgan fingerprint density at radius 1 is 1.38 bits per heavy atom. The molecule has 0 bridgehead atoms. The molecule has 0 radical (unpaired) electrons. The van der Waals surface area contributed by atoms with E-state index >= 15 is 0 Å². The SMILES string of the molecule is CCNc1ccc([N+](=O)[O-])c(NCC2CCCC2CO)n1. The third-order valence-electron chi connectivity index (χ3n) is 4.01. The minimum Gasteiger partial charge on any atom is -0.396 e. The zero-order chi connectivity index (χ0) is 15.2. The summed E-state index contributed by atoms with van der Waals surface area (Å²) >= 11 is 0. The van der Waals surface area contributed by atoms with Crippen LogP contribution in [0.15, 0.2) is 12.1 Å². The molecule has 2 unspecified atom stereocenters. The van der Waals surface area contributed by atoms with Crippen molar-refractivity contribution in [2.75, 3.05) is 30.3 Å². The molecule has 3 N–H and O–H groups in total. The number of nitro groups is 1. The summed E-state index contributed by atoms with van der Waals surface area (Å²) in [5.41, 5.74) is -0.0183. The second-order valence-corrected chi connectivity index (χ2v) is 5.37. The molecule has 0 aliphatic heterocycles. The lowest BCUT2D eigenvalue weighted by Crippen LogP contribution is -2.21. The molecule has 1 aliphatic carbocycles. The van der Waals surface area contributed by atoms with E-state index in [4.69, 9.17) is 0 Å². The molecule has 7 heteroatoms. The summed E-state index contributed by atoms with van der Waals surface area (Å²) in [6, 6.07) is 3.07. The van der Waals surface area contributed by atoms with Crippen LogP contribution in [0.5, 0.6) is 0 Å². The van der Waals surface area contributed by atoms with Gasteiger partial charge in [0.2, 0.25) is 5.82 Å². The van der Waals surface area contributed by atoms with E-state index in [1.165, 1.54) is 6.07 Å². The number of aromatic nitrogens is 1.